The Balaban J connectivity index is 1.52. The fourth-order valence-corrected chi connectivity index (χ4v) is 3.43. The summed E-state index contributed by atoms with van der Waals surface area (Å²) < 4.78 is 8.07. The van der Waals surface area contributed by atoms with E-state index in [0.29, 0.717) is 0 Å². The summed E-state index contributed by atoms with van der Waals surface area (Å²) in [4.78, 5) is 7.81. The number of H-pyrrole nitrogens is 1. The highest BCUT2D eigenvalue weighted by molar-refractivity contribution is 5.82. The van der Waals surface area contributed by atoms with Crippen molar-refractivity contribution in [2.45, 2.75) is 31.5 Å². The Kier molecular flexibility index (Phi) is 3.89. The normalized spacial score (nSPS) is 21.8. The topological polar surface area (TPSA) is 54.9 Å². The first-order valence-electron chi connectivity index (χ1n) is 8.20. The second-order valence-corrected chi connectivity index (χ2v) is 6.18. The maximum atomic E-state index is 6.02. The number of hydrogen-bond donors (Lipinski definition) is 2. The zero-order valence-corrected chi connectivity index (χ0v) is 13.3. The molecule has 2 N–H and O–H groups in total. The summed E-state index contributed by atoms with van der Waals surface area (Å²) in [7, 11) is 2.02. The smallest absolute Gasteiger partial charge is 0.139 e. The molecule has 0 amide bonds. The van der Waals surface area contributed by atoms with E-state index in [4.69, 9.17) is 4.74 Å². The third kappa shape index (κ3) is 2.78. The van der Waals surface area contributed by atoms with Crippen LogP contribution in [0.25, 0.3) is 10.9 Å². The molecule has 5 nitrogen and oxygen atoms in total. The van der Waals surface area contributed by atoms with Gasteiger partial charge in [0, 0.05) is 50.3 Å². The number of imidazole rings is 1. The van der Waals surface area contributed by atoms with E-state index in [0.717, 1.165) is 31.8 Å². The largest absolute Gasteiger partial charge is 0.369 e. The molecule has 0 aliphatic carbocycles. The predicted octanol–water partition coefficient (Wildman–Crippen LogP) is 2.91. The second kappa shape index (κ2) is 6.18. The molecule has 1 saturated heterocycles. The molecule has 0 radical (unpaired) electrons. The maximum absolute atomic E-state index is 6.02. The fourth-order valence-electron chi connectivity index (χ4n) is 3.43. The summed E-state index contributed by atoms with van der Waals surface area (Å²) in [6, 6.07) is 8.82. The molecular formula is C18H22N4O. The number of benzene rings is 1. The highest BCUT2D eigenvalue weighted by atomic mass is 16.5. The van der Waals surface area contributed by atoms with E-state index < -0.39 is 0 Å². The van der Waals surface area contributed by atoms with Gasteiger partial charge in [-0.25, -0.2) is 4.98 Å². The van der Waals surface area contributed by atoms with E-state index >= 15 is 0 Å². The number of nitrogens with one attached hydrogen (secondary N) is 2. The van der Waals surface area contributed by atoms with E-state index in [1.807, 2.05) is 25.6 Å². The number of rotatable bonds is 4. The number of ether oxygens (including phenoxy) is 1. The molecule has 0 saturated carbocycles. The highest BCUT2D eigenvalue weighted by Crippen LogP contribution is 2.27. The van der Waals surface area contributed by atoms with Crippen LogP contribution in [0.5, 0.6) is 0 Å². The van der Waals surface area contributed by atoms with Gasteiger partial charge in [-0.2, -0.15) is 0 Å². The van der Waals surface area contributed by atoms with Gasteiger partial charge < -0.3 is 19.6 Å². The molecule has 2 atom stereocenters. The van der Waals surface area contributed by atoms with E-state index in [2.05, 4.69) is 44.1 Å². The number of aryl methyl sites for hydroxylation is 1. The van der Waals surface area contributed by atoms with Gasteiger partial charge in [-0.05, 0) is 29.9 Å². The number of aromatic amines is 1. The summed E-state index contributed by atoms with van der Waals surface area (Å²) in [6.45, 7) is 1.63. The van der Waals surface area contributed by atoms with Crippen LogP contribution in [-0.4, -0.2) is 27.2 Å². The predicted molar refractivity (Wildman–Crippen MR) is 90.1 cm³/mol. The van der Waals surface area contributed by atoms with Gasteiger partial charge in [0.15, 0.2) is 0 Å². The van der Waals surface area contributed by atoms with Gasteiger partial charge in [-0.1, -0.05) is 18.2 Å². The van der Waals surface area contributed by atoms with E-state index in [-0.39, 0.29) is 12.1 Å². The molecule has 1 aliphatic rings. The van der Waals surface area contributed by atoms with Gasteiger partial charge in [0.05, 0.1) is 0 Å². The van der Waals surface area contributed by atoms with Crippen molar-refractivity contribution in [3.63, 3.8) is 0 Å². The van der Waals surface area contributed by atoms with Gasteiger partial charge >= 0.3 is 0 Å². The van der Waals surface area contributed by atoms with Crippen LogP contribution in [-0.2, 0) is 18.3 Å². The van der Waals surface area contributed by atoms with Crippen LogP contribution in [0.2, 0.25) is 0 Å². The molecule has 3 aromatic rings. The molecule has 120 valence electrons. The number of para-hydroxylation sites is 1. The lowest BCUT2D eigenvalue weighted by Gasteiger charge is -2.32. The summed E-state index contributed by atoms with van der Waals surface area (Å²) >= 11 is 0. The maximum Gasteiger partial charge on any atom is 0.139 e. The van der Waals surface area contributed by atoms with Gasteiger partial charge in [-0.15, -0.1) is 0 Å². The van der Waals surface area contributed by atoms with Gasteiger partial charge in [0.2, 0.25) is 0 Å². The van der Waals surface area contributed by atoms with Gasteiger partial charge in [-0.3, -0.25) is 0 Å². The van der Waals surface area contributed by atoms with E-state index in [1.165, 1.54) is 16.5 Å². The molecule has 4 rings (SSSR count). The van der Waals surface area contributed by atoms with Crippen molar-refractivity contribution >= 4 is 10.9 Å². The van der Waals surface area contributed by atoms with Crippen molar-refractivity contribution in [3.05, 3.63) is 54.2 Å². The fraction of sp³-hybridized carbons (Fsp3) is 0.389. The summed E-state index contributed by atoms with van der Waals surface area (Å²) in [5.41, 5.74) is 2.50. The Hall–Kier alpha value is -2.11. The van der Waals surface area contributed by atoms with Crippen LogP contribution in [0.1, 0.15) is 30.3 Å². The minimum absolute atomic E-state index is 0.0200. The number of aromatic nitrogens is 3. The van der Waals surface area contributed by atoms with Crippen LogP contribution < -0.4 is 5.32 Å². The Morgan fingerprint density at radius 1 is 1.39 bits per heavy atom. The molecule has 1 aliphatic heterocycles. The van der Waals surface area contributed by atoms with Crippen LogP contribution in [0.15, 0.2) is 42.9 Å². The average molecular weight is 310 g/mol. The zero-order chi connectivity index (χ0) is 15.6. The molecule has 0 unspecified atom stereocenters. The molecule has 1 fully saturated rings. The van der Waals surface area contributed by atoms with E-state index in [9.17, 15) is 0 Å². The molecule has 2 aromatic heterocycles. The number of hydrogen-bond acceptors (Lipinski definition) is 3. The first-order chi connectivity index (χ1) is 11.3. The molecule has 0 bridgehead atoms. The lowest BCUT2D eigenvalue weighted by Crippen LogP contribution is -2.40. The first-order valence-corrected chi connectivity index (χ1v) is 8.20. The third-order valence-corrected chi connectivity index (χ3v) is 4.66. The minimum Gasteiger partial charge on any atom is -0.369 e. The zero-order valence-electron chi connectivity index (χ0n) is 13.3. The SMILES string of the molecule is Cn1ccnc1[C@H]1OCCC[C@@H]1NCc1cccc2cc[nH]c12. The van der Waals surface area contributed by atoms with Gasteiger partial charge in [0.1, 0.15) is 11.9 Å². The van der Waals surface area contributed by atoms with Gasteiger partial charge in [0.25, 0.3) is 0 Å². The molecule has 5 heteroatoms. The quantitative estimate of drug-likeness (QED) is 0.779. The van der Waals surface area contributed by atoms with E-state index in [1.54, 1.807) is 0 Å². The monoisotopic (exact) mass is 310 g/mol. The molecular weight excluding hydrogens is 288 g/mol. The van der Waals surface area contributed by atoms with Crippen molar-refractivity contribution in [2.75, 3.05) is 6.61 Å². The average Bonchev–Trinajstić information content (AvgIpc) is 3.22. The van der Waals surface area contributed by atoms with Crippen molar-refractivity contribution in [1.82, 2.24) is 19.9 Å². The van der Waals surface area contributed by atoms with Crippen molar-refractivity contribution in [2.24, 2.45) is 7.05 Å². The van der Waals surface area contributed by atoms with Crippen LogP contribution >= 0.6 is 0 Å². The Bertz CT molecular complexity index is 791. The number of fused-ring (bicyclic) bond motifs is 1. The minimum atomic E-state index is 0.0200. The first kappa shape index (κ1) is 14.5. The second-order valence-electron chi connectivity index (χ2n) is 6.18. The van der Waals surface area contributed by atoms with Crippen molar-refractivity contribution < 1.29 is 4.74 Å². The highest BCUT2D eigenvalue weighted by Gasteiger charge is 2.29. The summed E-state index contributed by atoms with van der Waals surface area (Å²) in [5, 5.41) is 4.94. The van der Waals surface area contributed by atoms with Crippen molar-refractivity contribution in [3.8, 4) is 0 Å². The Morgan fingerprint density at radius 3 is 3.22 bits per heavy atom. The third-order valence-electron chi connectivity index (χ3n) is 4.66. The van der Waals surface area contributed by atoms with Crippen molar-refractivity contribution in [1.29, 1.82) is 0 Å². The lowest BCUT2D eigenvalue weighted by atomic mass is 10.0. The summed E-state index contributed by atoms with van der Waals surface area (Å²) in [6.07, 6.45) is 8.03. The molecule has 23 heavy (non-hydrogen) atoms. The lowest BCUT2D eigenvalue weighted by molar-refractivity contribution is -0.0178. The molecule has 0 spiro atoms. The number of nitrogens with zero attached hydrogens (tertiary/aromatic N) is 2. The van der Waals surface area contributed by atoms with Crippen LogP contribution in [0.4, 0.5) is 0 Å². The molecule has 3 heterocycles. The summed E-state index contributed by atoms with van der Waals surface area (Å²) in [5.74, 6) is 1.00. The van der Waals surface area contributed by atoms with Crippen LogP contribution in [0.3, 0.4) is 0 Å². The standard InChI is InChI=1S/C18H22N4O/c1-22-10-9-20-18(22)17-15(6-3-11-23-17)21-12-14-5-2-4-13-7-8-19-16(13)14/h2,4-5,7-10,15,17,19,21H,3,6,11-12H2,1H3/t15-,17-/m0/s1. The molecule has 1 aromatic carbocycles. The van der Waals surface area contributed by atoms with Crippen LogP contribution in [0, 0.1) is 0 Å². The Morgan fingerprint density at radius 2 is 2.35 bits per heavy atom. The Labute approximate surface area is 135 Å².